The van der Waals surface area contributed by atoms with Gasteiger partial charge in [-0.15, -0.1) is 0 Å². The molecule has 0 saturated heterocycles. The van der Waals surface area contributed by atoms with Gasteiger partial charge in [0.25, 0.3) is 1.43 Å². The SMILES string of the molecule is [2H]OC1=COCC1[2H]. The minimum atomic E-state index is -0.493. The van der Waals surface area contributed by atoms with E-state index in [2.05, 4.69) is 9.85 Å². The molecule has 6 heavy (non-hydrogen) atoms. The number of rotatable bonds is 1. The lowest BCUT2D eigenvalue weighted by Gasteiger charge is -1.79. The molecule has 2 heteroatoms. The Bertz CT molecular complexity index is 113. The van der Waals surface area contributed by atoms with E-state index in [1.807, 2.05) is 0 Å². The van der Waals surface area contributed by atoms with Crippen LogP contribution in [0.15, 0.2) is 12.0 Å². The third-order valence-electron chi connectivity index (χ3n) is 0.580. The van der Waals surface area contributed by atoms with E-state index >= 15 is 0 Å². The maximum absolute atomic E-state index is 7.05. The first-order chi connectivity index (χ1) is 3.84. The second-order valence-corrected chi connectivity index (χ2v) is 1.06. The second kappa shape index (κ2) is 1.20. The molecule has 1 aliphatic rings. The zero-order valence-electron chi connectivity index (χ0n) is 5.18. The molecule has 34 valence electrons. The topological polar surface area (TPSA) is 29.5 Å². The van der Waals surface area contributed by atoms with Crippen molar-refractivity contribution in [1.82, 2.24) is 0 Å². The number of hydrogen-bond acceptors (Lipinski definition) is 2. The van der Waals surface area contributed by atoms with E-state index in [-0.39, 0.29) is 5.76 Å². The standard InChI is InChI=1S/C4H6O2/c5-4-1-2-6-3-4/h3,5H,1-2H2/i1D/hD. The highest BCUT2D eigenvalue weighted by atomic mass is 16.5. The Hall–Kier alpha value is -0.660. The number of aliphatic hydroxyl groups is 1. The summed E-state index contributed by atoms with van der Waals surface area (Å²) >= 11 is 0. The van der Waals surface area contributed by atoms with Gasteiger partial charge in [-0.3, -0.25) is 0 Å². The molecule has 0 bridgehead atoms. The number of hydrogen-bond donors (Lipinski definition) is 1. The molecule has 0 spiro atoms. The van der Waals surface area contributed by atoms with Crippen LogP contribution in [0.1, 0.15) is 7.77 Å². The molecule has 1 rings (SSSR count). The van der Waals surface area contributed by atoms with Gasteiger partial charge in [-0.05, 0) is 0 Å². The van der Waals surface area contributed by atoms with Crippen molar-refractivity contribution < 1.29 is 11.2 Å². The number of aliphatic hydroxyl groups excluding tert-OH is 1. The van der Waals surface area contributed by atoms with Crippen molar-refractivity contribution in [3.63, 3.8) is 0 Å². The summed E-state index contributed by atoms with van der Waals surface area (Å²) in [6.07, 6.45) is 0.803. The zero-order valence-corrected chi connectivity index (χ0v) is 3.18. The third kappa shape index (κ3) is 0.455. The summed E-state index contributed by atoms with van der Waals surface area (Å²) in [6, 6.07) is 0. The molecule has 0 aromatic carbocycles. The van der Waals surface area contributed by atoms with E-state index in [1.54, 1.807) is 0 Å². The molecule has 0 aromatic heterocycles. The van der Waals surface area contributed by atoms with Gasteiger partial charge < -0.3 is 9.85 Å². The lowest BCUT2D eigenvalue weighted by Crippen LogP contribution is -1.74. The van der Waals surface area contributed by atoms with Crippen LogP contribution in [-0.4, -0.2) is 11.7 Å². The fourth-order valence-corrected chi connectivity index (χ4v) is 0.309. The highest BCUT2D eigenvalue weighted by Gasteiger charge is 1.98. The summed E-state index contributed by atoms with van der Waals surface area (Å²) < 4.78 is 18.1. The van der Waals surface area contributed by atoms with Crippen LogP contribution >= 0.6 is 0 Å². The van der Waals surface area contributed by atoms with Gasteiger partial charge in [0.2, 0.25) is 0 Å². The Kier molecular flexibility index (Phi) is 0.375. The fraction of sp³-hybridized carbons (Fsp3) is 0.500. The molecule has 1 N–H and O–H groups in total. The van der Waals surface area contributed by atoms with Crippen molar-refractivity contribution in [3.05, 3.63) is 12.0 Å². The molecule has 0 radical (unpaired) electrons. The van der Waals surface area contributed by atoms with Crippen molar-refractivity contribution >= 4 is 0 Å². The normalized spacial score (nSPS) is 36.0. The average molecular weight is 88.1 g/mol. The first-order valence-corrected chi connectivity index (χ1v) is 1.71. The van der Waals surface area contributed by atoms with E-state index in [4.69, 9.17) is 2.80 Å². The Balaban J connectivity index is 2.49. The molecule has 1 heterocycles. The maximum atomic E-state index is 7.05. The average Bonchev–Trinajstić information content (AvgIpc) is 2.14. The zero-order chi connectivity index (χ0) is 5.98. The molecular weight excluding hydrogens is 80.0 g/mol. The summed E-state index contributed by atoms with van der Waals surface area (Å²) in [5.41, 5.74) is 0. The monoisotopic (exact) mass is 88.0 g/mol. The van der Waals surface area contributed by atoms with Gasteiger partial charge in [-0.2, -0.15) is 0 Å². The van der Waals surface area contributed by atoms with Crippen LogP contribution in [0.3, 0.4) is 0 Å². The largest absolute Gasteiger partial charge is 0.509 e. The van der Waals surface area contributed by atoms with Crippen molar-refractivity contribution in [3.8, 4) is 0 Å². The molecular formula is C4H6O2. The predicted octanol–water partition coefficient (Wildman–Crippen LogP) is 0.806. The van der Waals surface area contributed by atoms with Crippen molar-refractivity contribution in [2.75, 3.05) is 6.61 Å². The number of ether oxygens (including phenoxy) is 1. The van der Waals surface area contributed by atoms with Gasteiger partial charge in [0, 0.05) is 7.77 Å². The van der Waals surface area contributed by atoms with Crippen molar-refractivity contribution in [2.45, 2.75) is 6.40 Å². The van der Waals surface area contributed by atoms with Crippen LogP contribution in [0.5, 0.6) is 0 Å². The van der Waals surface area contributed by atoms with Crippen molar-refractivity contribution in [1.29, 1.82) is 1.43 Å². The first kappa shape index (κ1) is 1.87. The van der Waals surface area contributed by atoms with Gasteiger partial charge in [-0.25, -0.2) is 0 Å². The molecule has 0 aliphatic carbocycles. The smallest absolute Gasteiger partial charge is 0.293 e. The van der Waals surface area contributed by atoms with Crippen LogP contribution in [0.4, 0.5) is 0 Å². The minimum Gasteiger partial charge on any atom is -0.509 e. The molecule has 0 fully saturated rings. The van der Waals surface area contributed by atoms with E-state index in [9.17, 15) is 0 Å². The fourth-order valence-electron chi connectivity index (χ4n) is 0.309. The summed E-state index contributed by atoms with van der Waals surface area (Å²) in [6.45, 7) is 0.314. The second-order valence-electron chi connectivity index (χ2n) is 1.06. The van der Waals surface area contributed by atoms with E-state index < -0.39 is 6.40 Å². The molecule has 1 aliphatic heterocycles. The Morgan fingerprint density at radius 2 is 3.33 bits per heavy atom. The van der Waals surface area contributed by atoms with E-state index in [0.29, 0.717) is 6.61 Å². The highest BCUT2D eigenvalue weighted by Crippen LogP contribution is 2.03. The predicted molar refractivity (Wildman–Crippen MR) is 21.3 cm³/mol. The summed E-state index contributed by atoms with van der Waals surface area (Å²) in [5, 5.41) is 4.02. The molecule has 0 amide bonds. The van der Waals surface area contributed by atoms with Gasteiger partial charge in [0.1, 0.15) is 12.0 Å². The Morgan fingerprint density at radius 3 is 3.67 bits per heavy atom. The van der Waals surface area contributed by atoms with Gasteiger partial charge in [-0.1, -0.05) is 0 Å². The maximum Gasteiger partial charge on any atom is 0.293 e. The molecule has 0 aromatic rings. The summed E-state index contributed by atoms with van der Waals surface area (Å²) in [4.78, 5) is 0. The van der Waals surface area contributed by atoms with Crippen LogP contribution in [0.25, 0.3) is 1.43 Å². The van der Waals surface area contributed by atoms with E-state index in [0.717, 1.165) is 0 Å². The van der Waals surface area contributed by atoms with Gasteiger partial charge >= 0.3 is 0 Å². The van der Waals surface area contributed by atoms with Crippen LogP contribution in [-0.2, 0) is 4.74 Å². The lowest BCUT2D eigenvalue weighted by atomic mass is 10.4. The van der Waals surface area contributed by atoms with Crippen LogP contribution in [0.2, 0.25) is 0 Å². The van der Waals surface area contributed by atoms with Crippen molar-refractivity contribution in [2.24, 2.45) is 0 Å². The van der Waals surface area contributed by atoms with E-state index in [1.165, 1.54) is 6.26 Å². The van der Waals surface area contributed by atoms with Crippen LogP contribution < -0.4 is 0 Å². The minimum absolute atomic E-state index is 0.282. The first-order valence-electron chi connectivity index (χ1n) is 2.70. The molecule has 1 atom stereocenters. The Labute approximate surface area is 38.9 Å². The summed E-state index contributed by atoms with van der Waals surface area (Å²) in [7, 11) is 0. The van der Waals surface area contributed by atoms with Gasteiger partial charge in [0.05, 0.1) is 6.61 Å². The van der Waals surface area contributed by atoms with Gasteiger partial charge in [0.15, 0.2) is 0 Å². The summed E-state index contributed by atoms with van der Waals surface area (Å²) in [5.74, 6) is 0.282. The Morgan fingerprint density at radius 1 is 2.33 bits per heavy atom. The highest BCUT2D eigenvalue weighted by molar-refractivity contribution is 4.88. The third-order valence-corrected chi connectivity index (χ3v) is 0.580. The van der Waals surface area contributed by atoms with Crippen LogP contribution in [0, 0.1) is 0 Å². The quantitative estimate of drug-likeness (QED) is 0.514. The molecule has 2 nitrogen and oxygen atoms in total. The lowest BCUT2D eigenvalue weighted by molar-refractivity contribution is 0.281. The molecule has 0 saturated carbocycles. The molecule has 1 unspecified atom stereocenters.